The van der Waals surface area contributed by atoms with E-state index in [4.69, 9.17) is 11.6 Å². The van der Waals surface area contributed by atoms with Crippen molar-refractivity contribution >= 4 is 28.6 Å². The third-order valence-electron chi connectivity index (χ3n) is 4.15. The van der Waals surface area contributed by atoms with Gasteiger partial charge in [-0.15, -0.1) is 11.6 Å². The van der Waals surface area contributed by atoms with Crippen LogP contribution in [0.2, 0.25) is 0 Å². The monoisotopic (exact) mass is 310 g/mol. The van der Waals surface area contributed by atoms with Gasteiger partial charge in [-0.25, -0.2) is 0 Å². The molecule has 2 aromatic heterocycles. The topological polar surface area (TPSA) is 48.6 Å². The highest BCUT2D eigenvalue weighted by Crippen LogP contribution is 2.26. The Hall–Kier alpha value is -2.26. The first-order chi connectivity index (χ1) is 10.7. The van der Waals surface area contributed by atoms with Gasteiger partial charge in [-0.2, -0.15) is 0 Å². The lowest BCUT2D eigenvalue weighted by molar-refractivity contribution is 0.958. The SMILES string of the molecule is O=c1[nH]c2c(cc1-c1cc3cc(CCl)ccc3[nH]1)CCC=C2. The zero-order chi connectivity index (χ0) is 15.1. The summed E-state index contributed by atoms with van der Waals surface area (Å²) in [6, 6.07) is 10.1. The largest absolute Gasteiger partial charge is 0.354 e. The van der Waals surface area contributed by atoms with Gasteiger partial charge < -0.3 is 9.97 Å². The number of hydrogen-bond acceptors (Lipinski definition) is 1. The van der Waals surface area contributed by atoms with Crippen molar-refractivity contribution in [3.05, 3.63) is 63.6 Å². The molecule has 0 aliphatic heterocycles. The van der Waals surface area contributed by atoms with Crippen molar-refractivity contribution in [3.8, 4) is 11.3 Å². The van der Waals surface area contributed by atoms with E-state index in [0.29, 0.717) is 11.4 Å². The van der Waals surface area contributed by atoms with Crippen molar-refractivity contribution in [2.24, 2.45) is 0 Å². The predicted octanol–water partition coefficient (Wildman–Crippen LogP) is 4.22. The Morgan fingerprint density at radius 3 is 2.91 bits per heavy atom. The average molecular weight is 311 g/mol. The maximum Gasteiger partial charge on any atom is 0.257 e. The molecule has 1 aromatic carbocycles. The average Bonchev–Trinajstić information content (AvgIpc) is 2.96. The number of benzene rings is 1. The molecule has 0 saturated carbocycles. The first-order valence-electron chi connectivity index (χ1n) is 7.35. The number of aromatic amines is 2. The van der Waals surface area contributed by atoms with E-state index >= 15 is 0 Å². The Kier molecular flexibility index (Phi) is 3.16. The van der Waals surface area contributed by atoms with E-state index in [1.807, 2.05) is 30.3 Å². The van der Waals surface area contributed by atoms with Crippen LogP contribution in [0.15, 0.2) is 41.2 Å². The van der Waals surface area contributed by atoms with Crippen LogP contribution >= 0.6 is 11.6 Å². The number of halogens is 1. The maximum atomic E-state index is 12.4. The first kappa shape index (κ1) is 13.4. The molecule has 0 radical (unpaired) electrons. The van der Waals surface area contributed by atoms with E-state index in [1.165, 1.54) is 5.56 Å². The van der Waals surface area contributed by atoms with E-state index in [1.54, 1.807) is 0 Å². The second-order valence-electron chi connectivity index (χ2n) is 5.63. The highest BCUT2D eigenvalue weighted by atomic mass is 35.5. The van der Waals surface area contributed by atoms with Crippen LogP contribution in [-0.4, -0.2) is 9.97 Å². The quantitative estimate of drug-likeness (QED) is 0.684. The Labute approximate surface area is 132 Å². The lowest BCUT2D eigenvalue weighted by atomic mass is 9.99. The Bertz CT molecular complexity index is 949. The maximum absolute atomic E-state index is 12.4. The van der Waals surface area contributed by atoms with Gasteiger partial charge in [0.05, 0.1) is 11.3 Å². The van der Waals surface area contributed by atoms with Crippen LogP contribution in [0.3, 0.4) is 0 Å². The number of aromatic nitrogens is 2. The molecular formula is C18H15ClN2O. The fourth-order valence-corrected chi connectivity index (χ4v) is 3.16. The number of fused-ring (bicyclic) bond motifs is 2. The number of allylic oxidation sites excluding steroid dienone is 1. The number of hydrogen-bond donors (Lipinski definition) is 2. The van der Waals surface area contributed by atoms with Crippen molar-refractivity contribution < 1.29 is 0 Å². The zero-order valence-corrected chi connectivity index (χ0v) is 12.7. The molecule has 3 aromatic rings. The minimum Gasteiger partial charge on any atom is -0.354 e. The fourth-order valence-electron chi connectivity index (χ4n) is 2.99. The molecule has 110 valence electrons. The number of nitrogens with one attached hydrogen (secondary N) is 2. The Morgan fingerprint density at radius 2 is 2.05 bits per heavy atom. The van der Waals surface area contributed by atoms with Crippen molar-refractivity contribution in [1.82, 2.24) is 9.97 Å². The molecule has 4 rings (SSSR count). The number of alkyl halides is 1. The van der Waals surface area contributed by atoms with Gasteiger partial charge >= 0.3 is 0 Å². The van der Waals surface area contributed by atoms with Gasteiger partial charge in [0, 0.05) is 22.5 Å². The molecule has 3 nitrogen and oxygen atoms in total. The molecule has 0 bridgehead atoms. The summed E-state index contributed by atoms with van der Waals surface area (Å²) < 4.78 is 0. The van der Waals surface area contributed by atoms with Gasteiger partial charge in [-0.1, -0.05) is 12.1 Å². The highest BCUT2D eigenvalue weighted by molar-refractivity contribution is 6.17. The smallest absolute Gasteiger partial charge is 0.257 e. The molecule has 0 amide bonds. The molecule has 1 aliphatic carbocycles. The summed E-state index contributed by atoms with van der Waals surface area (Å²) in [6.07, 6.45) is 6.06. The van der Waals surface area contributed by atoms with Crippen LogP contribution in [0.25, 0.3) is 28.2 Å². The van der Waals surface area contributed by atoms with Crippen LogP contribution in [-0.2, 0) is 12.3 Å². The standard InChI is InChI=1S/C18H15ClN2O/c19-10-11-5-6-16-13(7-11)9-17(20-16)14-8-12-3-1-2-4-15(12)21-18(14)22/h2,4-9,20H,1,3,10H2,(H,21,22). The molecule has 2 N–H and O–H groups in total. The van der Waals surface area contributed by atoms with Crippen molar-refractivity contribution in [3.63, 3.8) is 0 Å². The second-order valence-corrected chi connectivity index (χ2v) is 5.90. The first-order valence-corrected chi connectivity index (χ1v) is 7.89. The zero-order valence-electron chi connectivity index (χ0n) is 11.9. The summed E-state index contributed by atoms with van der Waals surface area (Å²) in [4.78, 5) is 18.7. The molecule has 4 heteroatoms. The van der Waals surface area contributed by atoms with E-state index in [9.17, 15) is 4.79 Å². The van der Waals surface area contributed by atoms with Gasteiger partial charge in [0.1, 0.15) is 0 Å². The molecular weight excluding hydrogens is 296 g/mol. The number of pyridine rings is 1. The van der Waals surface area contributed by atoms with E-state index in [0.717, 1.165) is 40.7 Å². The van der Waals surface area contributed by atoms with Crippen LogP contribution in [0, 0.1) is 0 Å². The Balaban J connectivity index is 1.88. The minimum absolute atomic E-state index is 0.0607. The third kappa shape index (κ3) is 2.18. The minimum atomic E-state index is -0.0607. The predicted molar refractivity (Wildman–Crippen MR) is 91.3 cm³/mol. The molecule has 0 atom stereocenters. The number of rotatable bonds is 2. The van der Waals surface area contributed by atoms with E-state index in [-0.39, 0.29) is 5.56 Å². The Morgan fingerprint density at radius 1 is 1.14 bits per heavy atom. The molecule has 0 fully saturated rings. The highest BCUT2D eigenvalue weighted by Gasteiger charge is 2.12. The van der Waals surface area contributed by atoms with Crippen molar-refractivity contribution in [2.45, 2.75) is 18.7 Å². The van der Waals surface area contributed by atoms with Crippen LogP contribution in [0.1, 0.15) is 23.2 Å². The third-order valence-corrected chi connectivity index (χ3v) is 4.46. The summed E-state index contributed by atoms with van der Waals surface area (Å²) in [6.45, 7) is 0. The van der Waals surface area contributed by atoms with Gasteiger partial charge in [0.2, 0.25) is 0 Å². The molecule has 1 aliphatic rings. The molecule has 0 saturated heterocycles. The summed E-state index contributed by atoms with van der Waals surface area (Å²) in [7, 11) is 0. The molecule has 0 unspecified atom stereocenters. The molecule has 22 heavy (non-hydrogen) atoms. The lowest BCUT2D eigenvalue weighted by Gasteiger charge is -2.11. The van der Waals surface area contributed by atoms with Gasteiger partial charge in [0.15, 0.2) is 0 Å². The van der Waals surface area contributed by atoms with Crippen LogP contribution in [0.4, 0.5) is 0 Å². The summed E-state index contributed by atoms with van der Waals surface area (Å²) in [5.74, 6) is 0.488. The summed E-state index contributed by atoms with van der Waals surface area (Å²) in [5, 5.41) is 1.07. The number of H-pyrrole nitrogens is 2. The van der Waals surface area contributed by atoms with E-state index < -0.39 is 0 Å². The summed E-state index contributed by atoms with van der Waals surface area (Å²) in [5.41, 5.74) is 5.69. The van der Waals surface area contributed by atoms with Gasteiger partial charge in [0.25, 0.3) is 5.56 Å². The van der Waals surface area contributed by atoms with Gasteiger partial charge in [-0.05, 0) is 54.3 Å². The second kappa shape index (κ2) is 5.18. The van der Waals surface area contributed by atoms with Crippen LogP contribution in [0.5, 0.6) is 0 Å². The fraction of sp³-hybridized carbons (Fsp3) is 0.167. The van der Waals surface area contributed by atoms with Crippen molar-refractivity contribution in [2.75, 3.05) is 0 Å². The lowest BCUT2D eigenvalue weighted by Crippen LogP contribution is -2.13. The molecule has 2 heterocycles. The van der Waals surface area contributed by atoms with Gasteiger partial charge in [-0.3, -0.25) is 4.79 Å². The van der Waals surface area contributed by atoms with E-state index in [2.05, 4.69) is 22.1 Å². The normalized spacial score (nSPS) is 13.5. The number of aryl methyl sites for hydroxylation is 1. The molecule has 0 spiro atoms. The van der Waals surface area contributed by atoms with Crippen LogP contribution < -0.4 is 5.56 Å². The summed E-state index contributed by atoms with van der Waals surface area (Å²) >= 11 is 5.88. The van der Waals surface area contributed by atoms with Crippen molar-refractivity contribution in [1.29, 1.82) is 0 Å².